The Balaban J connectivity index is 0.00000264. The number of aryl methyl sites for hydroxylation is 1. The molecule has 4 nitrogen and oxygen atoms in total. The van der Waals surface area contributed by atoms with Crippen LogP contribution in [0.15, 0.2) is 18.2 Å². The van der Waals surface area contributed by atoms with Crippen molar-refractivity contribution >= 4 is 18.3 Å². The van der Waals surface area contributed by atoms with Crippen LogP contribution in [-0.2, 0) is 11.2 Å². The van der Waals surface area contributed by atoms with Crippen molar-refractivity contribution in [1.29, 1.82) is 0 Å². The van der Waals surface area contributed by atoms with Crippen LogP contribution in [0.3, 0.4) is 0 Å². The number of fused-ring (bicyclic) bond motifs is 1. The molecule has 0 radical (unpaired) electrons. The average molecular weight is 349 g/mol. The number of amides is 1. The third-order valence-electron chi connectivity index (χ3n) is 4.17. The second kappa shape index (κ2) is 8.45. The topological polar surface area (TPSA) is 64.4 Å². The number of ether oxygens (including phenoxy) is 1. The summed E-state index contributed by atoms with van der Waals surface area (Å²) in [4.78, 5) is 12.2. The molecular formula is C16H23ClF2N2O2. The number of hydrogen-bond donors (Lipinski definition) is 2. The number of nitrogens with one attached hydrogen (secondary N) is 1. The maximum atomic E-state index is 12.3. The summed E-state index contributed by atoms with van der Waals surface area (Å²) in [5.74, 6) is -0.197. The van der Waals surface area contributed by atoms with Crippen LogP contribution in [0.2, 0.25) is 0 Å². The Kier molecular flexibility index (Phi) is 7.22. The van der Waals surface area contributed by atoms with Crippen molar-refractivity contribution in [1.82, 2.24) is 5.32 Å². The summed E-state index contributed by atoms with van der Waals surface area (Å²) in [7, 11) is 0. The van der Waals surface area contributed by atoms with Gasteiger partial charge in [-0.3, -0.25) is 4.79 Å². The van der Waals surface area contributed by atoms with Gasteiger partial charge in [0.1, 0.15) is 5.75 Å². The highest BCUT2D eigenvalue weighted by Crippen LogP contribution is 2.32. The van der Waals surface area contributed by atoms with Crippen LogP contribution in [0.25, 0.3) is 0 Å². The fraction of sp³-hybridized carbons (Fsp3) is 0.562. The van der Waals surface area contributed by atoms with Crippen LogP contribution < -0.4 is 15.8 Å². The van der Waals surface area contributed by atoms with Crippen molar-refractivity contribution in [2.75, 3.05) is 0 Å². The minimum absolute atomic E-state index is 0. The first-order valence-corrected chi connectivity index (χ1v) is 7.52. The van der Waals surface area contributed by atoms with E-state index in [4.69, 9.17) is 5.73 Å². The lowest BCUT2D eigenvalue weighted by Gasteiger charge is -2.28. The molecule has 1 aliphatic rings. The van der Waals surface area contributed by atoms with Crippen molar-refractivity contribution in [3.8, 4) is 5.75 Å². The van der Waals surface area contributed by atoms with Crippen LogP contribution in [-0.4, -0.2) is 18.6 Å². The molecule has 1 aromatic rings. The van der Waals surface area contributed by atoms with E-state index in [1.807, 2.05) is 0 Å². The summed E-state index contributed by atoms with van der Waals surface area (Å²) in [6.45, 7) is 0.764. The van der Waals surface area contributed by atoms with Gasteiger partial charge in [0, 0.05) is 12.0 Å². The van der Waals surface area contributed by atoms with Gasteiger partial charge in [-0.05, 0) is 49.4 Å². The molecule has 0 fully saturated rings. The van der Waals surface area contributed by atoms with E-state index in [0.717, 1.165) is 30.4 Å². The van der Waals surface area contributed by atoms with E-state index in [2.05, 4.69) is 10.1 Å². The predicted octanol–water partition coefficient (Wildman–Crippen LogP) is 3.19. The molecule has 0 heterocycles. The normalized spacial score (nSPS) is 19.3. The van der Waals surface area contributed by atoms with Gasteiger partial charge < -0.3 is 15.8 Å². The molecule has 1 amide bonds. The van der Waals surface area contributed by atoms with Crippen LogP contribution in [0.5, 0.6) is 5.75 Å². The molecule has 0 bridgehead atoms. The maximum Gasteiger partial charge on any atom is 0.387 e. The molecule has 3 N–H and O–H groups in total. The Morgan fingerprint density at radius 3 is 2.70 bits per heavy atom. The van der Waals surface area contributed by atoms with Gasteiger partial charge in [-0.25, -0.2) is 0 Å². The zero-order chi connectivity index (χ0) is 16.3. The van der Waals surface area contributed by atoms with E-state index in [1.165, 1.54) is 6.07 Å². The summed E-state index contributed by atoms with van der Waals surface area (Å²) < 4.78 is 29.0. The minimum atomic E-state index is -2.83. The number of benzene rings is 1. The summed E-state index contributed by atoms with van der Waals surface area (Å²) in [5, 5.41) is 3.01. The molecule has 1 aliphatic carbocycles. The number of halogens is 3. The molecule has 23 heavy (non-hydrogen) atoms. The van der Waals surface area contributed by atoms with Crippen LogP contribution in [0.4, 0.5) is 8.78 Å². The van der Waals surface area contributed by atoms with Gasteiger partial charge in [0.05, 0.1) is 6.04 Å². The fourth-order valence-corrected chi connectivity index (χ4v) is 2.66. The molecule has 130 valence electrons. The molecule has 2 rings (SSSR count). The first-order valence-electron chi connectivity index (χ1n) is 7.52. The number of hydrogen-bond acceptors (Lipinski definition) is 3. The third-order valence-corrected chi connectivity index (χ3v) is 4.17. The summed E-state index contributed by atoms with van der Waals surface area (Å²) in [6.07, 6.45) is 2.52. The quantitative estimate of drug-likeness (QED) is 0.859. The molecule has 7 heteroatoms. The lowest BCUT2D eigenvalue weighted by molar-refractivity contribution is -0.125. The van der Waals surface area contributed by atoms with Gasteiger partial charge in [0.25, 0.3) is 0 Å². The maximum absolute atomic E-state index is 12.3. The van der Waals surface area contributed by atoms with Crippen molar-refractivity contribution in [2.45, 2.75) is 51.8 Å². The Bertz CT molecular complexity index is 541. The summed E-state index contributed by atoms with van der Waals surface area (Å²) in [6, 6.07) is 4.59. The van der Waals surface area contributed by atoms with E-state index in [0.29, 0.717) is 0 Å². The van der Waals surface area contributed by atoms with Crippen molar-refractivity contribution < 1.29 is 18.3 Å². The third kappa shape index (κ3) is 5.04. The second-order valence-electron chi connectivity index (χ2n) is 5.84. The molecular weight excluding hydrogens is 326 g/mol. The smallest absolute Gasteiger partial charge is 0.387 e. The van der Waals surface area contributed by atoms with E-state index >= 15 is 0 Å². The largest absolute Gasteiger partial charge is 0.435 e. The number of carbonyl (C=O) groups is 1. The van der Waals surface area contributed by atoms with Gasteiger partial charge >= 0.3 is 6.61 Å². The fourth-order valence-electron chi connectivity index (χ4n) is 2.66. The lowest BCUT2D eigenvalue weighted by atomic mass is 9.87. The molecule has 3 atom stereocenters. The zero-order valence-electron chi connectivity index (χ0n) is 13.2. The average Bonchev–Trinajstić information content (AvgIpc) is 2.45. The highest BCUT2D eigenvalue weighted by atomic mass is 35.5. The standard InChI is InChI=1S/C16H22F2N2O2.ClH/c1-9(10(2)19)15(21)20-14-5-3-4-11-8-12(22-16(17)18)6-7-13(11)14;/h6-10,14,16H,3-5,19H2,1-2H3,(H,20,21);1H. The molecule has 1 aromatic carbocycles. The van der Waals surface area contributed by atoms with Gasteiger partial charge in [0.2, 0.25) is 5.91 Å². The number of rotatable bonds is 5. The Morgan fingerprint density at radius 2 is 2.09 bits per heavy atom. The minimum Gasteiger partial charge on any atom is -0.435 e. The van der Waals surface area contributed by atoms with Gasteiger partial charge in [0.15, 0.2) is 0 Å². The van der Waals surface area contributed by atoms with Crippen molar-refractivity contribution in [3.05, 3.63) is 29.3 Å². The Labute approximate surface area is 141 Å². The van der Waals surface area contributed by atoms with E-state index in [1.54, 1.807) is 26.0 Å². The van der Waals surface area contributed by atoms with E-state index in [-0.39, 0.29) is 42.1 Å². The van der Waals surface area contributed by atoms with Crippen LogP contribution in [0, 0.1) is 5.92 Å². The van der Waals surface area contributed by atoms with Crippen LogP contribution >= 0.6 is 12.4 Å². The Morgan fingerprint density at radius 1 is 1.39 bits per heavy atom. The SMILES string of the molecule is CC(N)C(C)C(=O)NC1CCCc2cc(OC(F)F)ccc21.Cl. The zero-order valence-corrected chi connectivity index (χ0v) is 14.0. The summed E-state index contributed by atoms with van der Waals surface area (Å²) in [5.41, 5.74) is 7.67. The van der Waals surface area contributed by atoms with Crippen molar-refractivity contribution in [3.63, 3.8) is 0 Å². The molecule has 0 aliphatic heterocycles. The van der Waals surface area contributed by atoms with E-state index < -0.39 is 6.61 Å². The van der Waals surface area contributed by atoms with Gasteiger partial charge in [-0.1, -0.05) is 13.0 Å². The molecule has 0 spiro atoms. The van der Waals surface area contributed by atoms with Crippen molar-refractivity contribution in [2.24, 2.45) is 11.7 Å². The predicted molar refractivity (Wildman–Crippen MR) is 87.0 cm³/mol. The van der Waals surface area contributed by atoms with Gasteiger partial charge in [-0.2, -0.15) is 8.78 Å². The molecule has 3 unspecified atom stereocenters. The van der Waals surface area contributed by atoms with Gasteiger partial charge in [-0.15, -0.1) is 12.4 Å². The van der Waals surface area contributed by atoms with E-state index in [9.17, 15) is 13.6 Å². The molecule has 0 aromatic heterocycles. The lowest BCUT2D eigenvalue weighted by Crippen LogP contribution is -2.41. The van der Waals surface area contributed by atoms with Crippen LogP contribution in [0.1, 0.15) is 43.9 Å². The highest BCUT2D eigenvalue weighted by molar-refractivity contribution is 5.85. The second-order valence-corrected chi connectivity index (χ2v) is 5.84. The molecule has 0 saturated heterocycles. The highest BCUT2D eigenvalue weighted by Gasteiger charge is 2.25. The number of nitrogens with two attached hydrogens (primary N) is 1. The first-order chi connectivity index (χ1) is 10.4. The number of carbonyl (C=O) groups excluding carboxylic acids is 1. The number of alkyl halides is 2. The Hall–Kier alpha value is -1.40. The first kappa shape index (κ1) is 19.6. The summed E-state index contributed by atoms with van der Waals surface area (Å²) >= 11 is 0. The monoisotopic (exact) mass is 348 g/mol. The molecule has 0 saturated carbocycles.